The molecule has 5 unspecified atom stereocenters. The van der Waals surface area contributed by atoms with Crippen molar-refractivity contribution in [3.05, 3.63) is 11.1 Å². The molecule has 1 N–H and O–H groups in total. The number of piperidine rings is 1. The number of esters is 1. The Morgan fingerprint density at radius 2 is 1.53 bits per heavy atom. The molecule has 0 aromatic rings. The van der Waals surface area contributed by atoms with Crippen LogP contribution >= 0.6 is 0 Å². The average Bonchev–Trinajstić information content (AvgIpc) is 3.23. The molecule has 0 radical (unpaired) electrons. The second-order valence-corrected chi connectivity index (χ2v) is 17.8. The summed E-state index contributed by atoms with van der Waals surface area (Å²) in [7, 11) is 2.11. The topological polar surface area (TPSA) is 84.9 Å². The highest BCUT2D eigenvalue weighted by Crippen LogP contribution is 2.75. The van der Waals surface area contributed by atoms with Crippen molar-refractivity contribution in [2.75, 3.05) is 20.1 Å². The molecule has 6 rings (SSSR count). The van der Waals surface area contributed by atoms with E-state index in [-0.39, 0.29) is 63.5 Å². The van der Waals surface area contributed by atoms with Gasteiger partial charge in [-0.3, -0.25) is 9.59 Å². The maximum absolute atomic E-state index is 13.9. The summed E-state index contributed by atoms with van der Waals surface area (Å²) in [6, 6.07) is 0. The molecule has 5 aliphatic carbocycles. The van der Waals surface area contributed by atoms with Gasteiger partial charge in [0, 0.05) is 31.8 Å². The van der Waals surface area contributed by atoms with E-state index in [9.17, 15) is 14.4 Å². The van der Waals surface area contributed by atoms with Gasteiger partial charge >= 0.3 is 12.1 Å². The summed E-state index contributed by atoms with van der Waals surface area (Å²) >= 11 is 0. The maximum Gasteiger partial charge on any atom is 0.408 e. The highest BCUT2D eigenvalue weighted by atomic mass is 16.6. The Kier molecular flexibility index (Phi) is 8.14. The van der Waals surface area contributed by atoms with Crippen LogP contribution in [0.2, 0.25) is 0 Å². The lowest BCUT2D eigenvalue weighted by atomic mass is 9.33. The van der Waals surface area contributed by atoms with Gasteiger partial charge in [-0.15, -0.1) is 0 Å². The number of nitrogens with zero attached hydrogens (tertiary/aromatic N) is 1. The fourth-order valence-electron chi connectivity index (χ4n) is 12.6. The number of rotatable bonds is 4. The van der Waals surface area contributed by atoms with E-state index >= 15 is 0 Å². The summed E-state index contributed by atoms with van der Waals surface area (Å²) in [5.74, 6) is 1.51. The molecule has 7 heteroatoms. The lowest BCUT2D eigenvalue weighted by Gasteiger charge is -2.72. The van der Waals surface area contributed by atoms with Gasteiger partial charge in [-0.1, -0.05) is 48.5 Å². The smallest absolute Gasteiger partial charge is 0.408 e. The zero-order chi connectivity index (χ0) is 32.7. The Bertz CT molecular complexity index is 1260. The molecule has 0 spiro atoms. The van der Waals surface area contributed by atoms with Crippen LogP contribution in [0.15, 0.2) is 11.1 Å². The van der Waals surface area contributed by atoms with Gasteiger partial charge in [-0.05, 0) is 122 Å². The summed E-state index contributed by atoms with van der Waals surface area (Å²) in [6.45, 7) is 20.1. The zero-order valence-corrected chi connectivity index (χ0v) is 29.6. The van der Waals surface area contributed by atoms with Crippen molar-refractivity contribution in [2.45, 2.75) is 144 Å². The molecule has 0 aromatic heterocycles. The summed E-state index contributed by atoms with van der Waals surface area (Å²) < 4.78 is 12.0. The molecule has 0 aromatic carbocycles. The molecule has 7 nitrogen and oxygen atoms in total. The number of carbonyl (C=O) groups is 3. The third-order valence-electron chi connectivity index (χ3n) is 15.0. The van der Waals surface area contributed by atoms with Crippen LogP contribution in [0.1, 0.15) is 126 Å². The van der Waals surface area contributed by atoms with Crippen LogP contribution in [0.5, 0.6) is 0 Å². The SMILES string of the molecule is CC(=O)OC1CCC2(C)C(CC[C@]3(C)C2CCC2C4=C(C(C)C)C(=O)C[C@]4(NC(=O)OC4CCN(C)CC4)CC[C@]23C)C1(C)C. The van der Waals surface area contributed by atoms with E-state index < -0.39 is 5.54 Å². The molecule has 6 aliphatic rings. The minimum atomic E-state index is -0.627. The van der Waals surface area contributed by atoms with Crippen molar-refractivity contribution < 1.29 is 23.9 Å². The summed E-state index contributed by atoms with van der Waals surface area (Å²) in [5.41, 5.74) is 1.86. The van der Waals surface area contributed by atoms with Crippen LogP contribution in [-0.4, -0.2) is 60.6 Å². The van der Waals surface area contributed by atoms with Gasteiger partial charge in [-0.2, -0.15) is 0 Å². The minimum absolute atomic E-state index is 0.0248. The normalized spacial score (nSPS) is 43.2. The number of fused-ring (bicyclic) bond motifs is 7. The van der Waals surface area contributed by atoms with Gasteiger partial charge in [0.1, 0.15) is 12.2 Å². The summed E-state index contributed by atoms with van der Waals surface area (Å²) in [6.07, 6.45) is 9.94. The van der Waals surface area contributed by atoms with Crippen molar-refractivity contribution in [3.63, 3.8) is 0 Å². The second-order valence-electron chi connectivity index (χ2n) is 17.8. The first kappa shape index (κ1) is 33.0. The fourth-order valence-corrected chi connectivity index (χ4v) is 12.6. The van der Waals surface area contributed by atoms with Gasteiger partial charge in [0.15, 0.2) is 5.78 Å². The van der Waals surface area contributed by atoms with Crippen molar-refractivity contribution in [3.8, 4) is 0 Å². The zero-order valence-electron chi connectivity index (χ0n) is 29.6. The van der Waals surface area contributed by atoms with Gasteiger partial charge < -0.3 is 19.7 Å². The van der Waals surface area contributed by atoms with Crippen molar-refractivity contribution in [2.24, 2.45) is 45.3 Å². The van der Waals surface area contributed by atoms with E-state index in [1.54, 1.807) is 6.92 Å². The Morgan fingerprint density at radius 3 is 2.18 bits per heavy atom. The van der Waals surface area contributed by atoms with Crippen LogP contribution in [-0.2, 0) is 19.1 Å². The predicted molar refractivity (Wildman–Crippen MR) is 175 cm³/mol. The third kappa shape index (κ3) is 4.94. The molecule has 1 amide bonds. The monoisotopic (exact) mass is 624 g/mol. The molecule has 252 valence electrons. The van der Waals surface area contributed by atoms with Gasteiger partial charge in [0.2, 0.25) is 0 Å². The highest BCUT2D eigenvalue weighted by Gasteiger charge is 2.70. The fraction of sp³-hybridized carbons (Fsp3) is 0.868. The number of hydrogen-bond donors (Lipinski definition) is 1. The molecule has 1 saturated heterocycles. The largest absolute Gasteiger partial charge is 0.462 e. The molecular weight excluding hydrogens is 564 g/mol. The maximum atomic E-state index is 13.9. The highest BCUT2D eigenvalue weighted by molar-refractivity contribution is 6.02. The number of likely N-dealkylation sites (tertiary alicyclic amines) is 1. The van der Waals surface area contributed by atoms with E-state index in [1.807, 2.05) is 0 Å². The van der Waals surface area contributed by atoms with Gasteiger partial charge in [-0.25, -0.2) is 4.79 Å². The van der Waals surface area contributed by atoms with E-state index in [0.29, 0.717) is 18.3 Å². The quantitative estimate of drug-likeness (QED) is 0.327. The van der Waals surface area contributed by atoms with Crippen LogP contribution in [0.25, 0.3) is 0 Å². The van der Waals surface area contributed by atoms with Crippen LogP contribution < -0.4 is 5.32 Å². The lowest BCUT2D eigenvalue weighted by Crippen LogP contribution is -2.67. The molecule has 4 saturated carbocycles. The second kappa shape index (κ2) is 11.1. The van der Waals surface area contributed by atoms with Crippen molar-refractivity contribution >= 4 is 17.8 Å². The van der Waals surface area contributed by atoms with Gasteiger partial charge in [0.25, 0.3) is 0 Å². The molecular formula is C38H60N2O5. The average molecular weight is 625 g/mol. The van der Waals surface area contributed by atoms with E-state index in [4.69, 9.17) is 9.47 Å². The summed E-state index contributed by atoms with van der Waals surface area (Å²) in [4.78, 5) is 41.7. The molecule has 1 aliphatic heterocycles. The number of nitrogens with one attached hydrogen (secondary N) is 1. The predicted octanol–water partition coefficient (Wildman–Crippen LogP) is 7.47. The summed E-state index contributed by atoms with van der Waals surface area (Å²) in [5, 5.41) is 3.39. The Labute approximate surface area is 272 Å². The van der Waals surface area contributed by atoms with E-state index in [0.717, 1.165) is 82.9 Å². The van der Waals surface area contributed by atoms with Gasteiger partial charge in [0.05, 0.1) is 5.54 Å². The number of hydrogen-bond acceptors (Lipinski definition) is 6. The number of alkyl carbamates (subject to hydrolysis) is 1. The molecule has 45 heavy (non-hydrogen) atoms. The van der Waals surface area contributed by atoms with Crippen LogP contribution in [0.4, 0.5) is 4.79 Å². The van der Waals surface area contributed by atoms with Crippen molar-refractivity contribution in [1.82, 2.24) is 10.2 Å². The molecule has 5 fully saturated rings. The number of carbonyl (C=O) groups excluding carboxylic acids is 3. The van der Waals surface area contributed by atoms with E-state index in [2.05, 4.69) is 65.7 Å². The molecule has 8 atom stereocenters. The molecule has 0 bridgehead atoms. The van der Waals surface area contributed by atoms with E-state index in [1.165, 1.54) is 5.57 Å². The number of allylic oxidation sites excluding steroid dienone is 1. The number of ketones is 1. The Hall–Kier alpha value is -1.89. The Balaban J connectivity index is 1.31. The van der Waals surface area contributed by atoms with Crippen LogP contribution in [0, 0.1) is 45.3 Å². The molecule has 1 heterocycles. The number of amides is 1. The standard InChI is InChI=1S/C38H60N2O5/c1-23(2)31-27(42)22-38(39-33(43)45-25-14-20-40(9)21-15-25)19-18-36(7)26(32(31)38)10-11-29-35(6)16-13-30(44-24(3)41)34(4,5)28(35)12-17-37(29,36)8/h23,25-26,28-30H,10-22H2,1-9H3,(H,39,43)/t26?,28?,29?,30?,35?,36-,37-,38-/m1/s1. The Morgan fingerprint density at radius 1 is 0.844 bits per heavy atom. The first-order valence-corrected chi connectivity index (χ1v) is 18.1. The first-order valence-electron chi connectivity index (χ1n) is 18.1. The minimum Gasteiger partial charge on any atom is -0.462 e. The number of Topliss-reactive ketones (excluding diaryl/α,β-unsaturated/α-hetero) is 1. The number of ether oxygens (including phenoxy) is 2. The van der Waals surface area contributed by atoms with Crippen LogP contribution in [0.3, 0.4) is 0 Å². The lowest BCUT2D eigenvalue weighted by molar-refractivity contribution is -0.231. The van der Waals surface area contributed by atoms with Crippen molar-refractivity contribution in [1.29, 1.82) is 0 Å². The third-order valence-corrected chi connectivity index (χ3v) is 15.0. The first-order chi connectivity index (χ1) is 21.0.